The van der Waals surface area contributed by atoms with E-state index in [1.54, 1.807) is 7.11 Å². The second kappa shape index (κ2) is 7.34. The Labute approximate surface area is 130 Å². The number of rotatable bonds is 6. The largest absolute Gasteiger partial charge is 0.497 e. The summed E-state index contributed by atoms with van der Waals surface area (Å²) in [5.74, 6) is 2.18. The molecule has 0 saturated heterocycles. The average Bonchev–Trinajstić information content (AvgIpc) is 2.51. The van der Waals surface area contributed by atoms with Gasteiger partial charge in [-0.2, -0.15) is 0 Å². The molecule has 2 aromatic carbocycles. The third-order valence-corrected chi connectivity index (χ3v) is 3.63. The highest BCUT2D eigenvalue weighted by Crippen LogP contribution is 2.34. The summed E-state index contributed by atoms with van der Waals surface area (Å²) in [6.45, 7) is 2.07. The smallest absolute Gasteiger partial charge is 0.149 e. The van der Waals surface area contributed by atoms with Crippen LogP contribution in [0.5, 0.6) is 17.2 Å². The third kappa shape index (κ3) is 4.13. The number of nitrogens with two attached hydrogens (primary N) is 1. The van der Waals surface area contributed by atoms with Gasteiger partial charge in [-0.25, -0.2) is 0 Å². The Morgan fingerprint density at radius 2 is 1.76 bits per heavy atom. The van der Waals surface area contributed by atoms with Crippen LogP contribution in [0, 0.1) is 0 Å². The lowest BCUT2D eigenvalue weighted by molar-refractivity contribution is 0.412. The van der Waals surface area contributed by atoms with Crippen LogP contribution in [0.4, 0.5) is 0 Å². The van der Waals surface area contributed by atoms with Gasteiger partial charge in [0.05, 0.1) is 12.1 Å². The Morgan fingerprint density at radius 3 is 2.38 bits per heavy atom. The fraction of sp³-hybridized carbons (Fsp3) is 0.294. The molecule has 0 aliphatic carbocycles. The first-order chi connectivity index (χ1) is 10.1. The van der Waals surface area contributed by atoms with E-state index in [0.29, 0.717) is 10.8 Å². The molecule has 0 amide bonds. The van der Waals surface area contributed by atoms with Gasteiger partial charge in [0.25, 0.3) is 0 Å². The molecule has 0 radical (unpaired) electrons. The lowest BCUT2D eigenvalue weighted by Crippen LogP contribution is -2.21. The normalized spacial score (nSPS) is 12.0. The molecule has 112 valence electrons. The van der Waals surface area contributed by atoms with Crippen molar-refractivity contribution in [2.24, 2.45) is 5.73 Å². The molecule has 4 heteroatoms. The van der Waals surface area contributed by atoms with Gasteiger partial charge >= 0.3 is 0 Å². The predicted octanol–water partition coefficient (Wildman–Crippen LogP) is 4.42. The first-order valence-electron chi connectivity index (χ1n) is 6.99. The maximum atomic E-state index is 6.27. The van der Waals surface area contributed by atoms with E-state index in [4.69, 9.17) is 26.8 Å². The SMILES string of the molecule is CCC(N)Cc1cccc(Cl)c1Oc1ccc(OC)cc1. The zero-order chi connectivity index (χ0) is 15.2. The molecule has 1 atom stereocenters. The van der Waals surface area contributed by atoms with E-state index < -0.39 is 0 Å². The molecule has 2 aromatic rings. The minimum atomic E-state index is 0.0988. The van der Waals surface area contributed by atoms with Crippen LogP contribution in [-0.2, 0) is 6.42 Å². The lowest BCUT2D eigenvalue weighted by atomic mass is 10.0. The minimum Gasteiger partial charge on any atom is -0.497 e. The Hall–Kier alpha value is -1.71. The Balaban J connectivity index is 2.24. The van der Waals surface area contributed by atoms with Crippen LogP contribution in [-0.4, -0.2) is 13.2 Å². The lowest BCUT2D eigenvalue weighted by Gasteiger charge is -2.15. The molecule has 0 aromatic heterocycles. The number of methoxy groups -OCH3 is 1. The number of benzene rings is 2. The molecule has 0 spiro atoms. The second-order valence-corrected chi connectivity index (χ2v) is 5.29. The Bertz CT molecular complexity index is 584. The van der Waals surface area contributed by atoms with Crippen LogP contribution in [0.1, 0.15) is 18.9 Å². The zero-order valence-corrected chi connectivity index (χ0v) is 13.1. The van der Waals surface area contributed by atoms with E-state index in [9.17, 15) is 0 Å². The van der Waals surface area contributed by atoms with Crippen molar-refractivity contribution in [2.75, 3.05) is 7.11 Å². The quantitative estimate of drug-likeness (QED) is 0.859. The summed E-state index contributed by atoms with van der Waals surface area (Å²) in [6.07, 6.45) is 1.65. The van der Waals surface area contributed by atoms with Crippen molar-refractivity contribution in [3.63, 3.8) is 0 Å². The summed E-state index contributed by atoms with van der Waals surface area (Å²) < 4.78 is 11.1. The monoisotopic (exact) mass is 305 g/mol. The maximum absolute atomic E-state index is 6.27. The molecule has 0 heterocycles. The first kappa shape index (κ1) is 15.7. The van der Waals surface area contributed by atoms with Crippen molar-refractivity contribution in [2.45, 2.75) is 25.8 Å². The van der Waals surface area contributed by atoms with Gasteiger partial charge < -0.3 is 15.2 Å². The van der Waals surface area contributed by atoms with E-state index in [2.05, 4.69) is 6.92 Å². The average molecular weight is 306 g/mol. The van der Waals surface area contributed by atoms with Gasteiger partial charge in [0.1, 0.15) is 17.2 Å². The minimum absolute atomic E-state index is 0.0988. The van der Waals surface area contributed by atoms with Crippen molar-refractivity contribution in [3.8, 4) is 17.2 Å². The van der Waals surface area contributed by atoms with Crippen LogP contribution < -0.4 is 15.2 Å². The molecule has 0 aliphatic heterocycles. The van der Waals surface area contributed by atoms with Crippen molar-refractivity contribution >= 4 is 11.6 Å². The fourth-order valence-corrected chi connectivity index (χ4v) is 2.25. The topological polar surface area (TPSA) is 44.5 Å². The molecule has 1 unspecified atom stereocenters. The molecular weight excluding hydrogens is 286 g/mol. The second-order valence-electron chi connectivity index (χ2n) is 4.88. The highest BCUT2D eigenvalue weighted by Gasteiger charge is 2.12. The van der Waals surface area contributed by atoms with Gasteiger partial charge in [0, 0.05) is 6.04 Å². The molecule has 3 nitrogen and oxygen atoms in total. The summed E-state index contributed by atoms with van der Waals surface area (Å²) in [5.41, 5.74) is 7.06. The predicted molar refractivity (Wildman–Crippen MR) is 86.5 cm³/mol. The van der Waals surface area contributed by atoms with Crippen molar-refractivity contribution < 1.29 is 9.47 Å². The molecule has 0 aliphatic rings. The van der Waals surface area contributed by atoms with E-state index in [1.165, 1.54) is 0 Å². The molecule has 2 N–H and O–H groups in total. The van der Waals surface area contributed by atoms with Crippen LogP contribution >= 0.6 is 11.6 Å². The van der Waals surface area contributed by atoms with E-state index in [-0.39, 0.29) is 6.04 Å². The molecule has 2 rings (SSSR count). The number of halogens is 1. The number of ether oxygens (including phenoxy) is 2. The highest BCUT2D eigenvalue weighted by atomic mass is 35.5. The highest BCUT2D eigenvalue weighted by molar-refractivity contribution is 6.32. The number of hydrogen-bond acceptors (Lipinski definition) is 3. The van der Waals surface area contributed by atoms with Crippen molar-refractivity contribution in [1.82, 2.24) is 0 Å². The molecular formula is C17H20ClNO2. The molecule has 0 bridgehead atoms. The van der Waals surface area contributed by atoms with E-state index >= 15 is 0 Å². The molecule has 0 fully saturated rings. The van der Waals surface area contributed by atoms with Gasteiger partial charge in [0.2, 0.25) is 0 Å². The number of hydrogen-bond donors (Lipinski definition) is 1. The summed E-state index contributed by atoms with van der Waals surface area (Å²) in [5, 5.41) is 0.589. The van der Waals surface area contributed by atoms with Crippen molar-refractivity contribution in [1.29, 1.82) is 0 Å². The first-order valence-corrected chi connectivity index (χ1v) is 7.36. The standard InChI is InChI=1S/C17H20ClNO2/c1-3-13(19)11-12-5-4-6-16(18)17(12)21-15-9-7-14(20-2)8-10-15/h4-10,13H,3,11,19H2,1-2H3. The van der Waals surface area contributed by atoms with E-state index in [1.807, 2.05) is 42.5 Å². The molecule has 0 saturated carbocycles. The fourth-order valence-electron chi connectivity index (χ4n) is 2.02. The van der Waals surface area contributed by atoms with Crippen LogP contribution in [0.25, 0.3) is 0 Å². The maximum Gasteiger partial charge on any atom is 0.149 e. The number of para-hydroxylation sites is 1. The van der Waals surface area contributed by atoms with Gasteiger partial charge in [-0.15, -0.1) is 0 Å². The van der Waals surface area contributed by atoms with Crippen molar-refractivity contribution in [3.05, 3.63) is 53.1 Å². The van der Waals surface area contributed by atoms with Gasteiger partial charge in [0.15, 0.2) is 0 Å². The summed E-state index contributed by atoms with van der Waals surface area (Å²) in [6, 6.07) is 13.2. The molecule has 21 heavy (non-hydrogen) atoms. The van der Waals surface area contributed by atoms with Crippen LogP contribution in [0.2, 0.25) is 5.02 Å². The van der Waals surface area contributed by atoms with Gasteiger partial charge in [-0.1, -0.05) is 30.7 Å². The van der Waals surface area contributed by atoms with E-state index in [0.717, 1.165) is 29.9 Å². The van der Waals surface area contributed by atoms with Crippen LogP contribution in [0.15, 0.2) is 42.5 Å². The Morgan fingerprint density at radius 1 is 1.10 bits per heavy atom. The summed E-state index contributed by atoms with van der Waals surface area (Å²) >= 11 is 6.27. The van der Waals surface area contributed by atoms with Gasteiger partial charge in [-0.05, 0) is 48.7 Å². The zero-order valence-electron chi connectivity index (χ0n) is 12.3. The van der Waals surface area contributed by atoms with Gasteiger partial charge in [-0.3, -0.25) is 0 Å². The summed E-state index contributed by atoms with van der Waals surface area (Å²) in [4.78, 5) is 0. The Kier molecular flexibility index (Phi) is 5.48. The van der Waals surface area contributed by atoms with Crippen LogP contribution in [0.3, 0.4) is 0 Å². The summed E-state index contributed by atoms with van der Waals surface area (Å²) in [7, 11) is 1.63. The third-order valence-electron chi connectivity index (χ3n) is 3.33.